The van der Waals surface area contributed by atoms with Gasteiger partial charge in [0.25, 0.3) is 0 Å². The van der Waals surface area contributed by atoms with Crippen molar-refractivity contribution >= 4 is 17.0 Å². The second-order valence-electron chi connectivity index (χ2n) is 3.86. The SMILES string of the molecule is CCSC1=[NH+]C(C)(C)CC(C)O1.[I-]. The van der Waals surface area contributed by atoms with Gasteiger partial charge in [-0.25, -0.2) is 0 Å². The highest BCUT2D eigenvalue weighted by molar-refractivity contribution is 8.13. The summed E-state index contributed by atoms with van der Waals surface area (Å²) in [5.41, 5.74) is 0.190. The monoisotopic (exact) mass is 315 g/mol. The van der Waals surface area contributed by atoms with E-state index in [2.05, 4.69) is 32.7 Å². The minimum atomic E-state index is 0. The van der Waals surface area contributed by atoms with Crippen LogP contribution < -0.4 is 29.0 Å². The van der Waals surface area contributed by atoms with E-state index in [0.29, 0.717) is 6.10 Å². The third kappa shape index (κ3) is 4.54. The lowest BCUT2D eigenvalue weighted by Crippen LogP contribution is -3.00. The van der Waals surface area contributed by atoms with Gasteiger partial charge in [-0.2, -0.15) is 4.99 Å². The normalized spacial score (nSPS) is 25.5. The third-order valence-electron chi connectivity index (χ3n) is 1.82. The number of rotatable bonds is 1. The van der Waals surface area contributed by atoms with Crippen molar-refractivity contribution in [3.05, 3.63) is 0 Å². The van der Waals surface area contributed by atoms with Crippen LogP contribution in [0.4, 0.5) is 0 Å². The zero-order valence-corrected chi connectivity index (χ0v) is 11.7. The molecule has 78 valence electrons. The van der Waals surface area contributed by atoms with Crippen LogP contribution in [0.5, 0.6) is 0 Å². The summed E-state index contributed by atoms with van der Waals surface area (Å²) in [5.74, 6) is 1.06. The molecule has 1 heterocycles. The summed E-state index contributed by atoms with van der Waals surface area (Å²) in [7, 11) is 0. The Morgan fingerprint density at radius 3 is 2.69 bits per heavy atom. The Labute approximate surface area is 102 Å². The van der Waals surface area contributed by atoms with E-state index >= 15 is 0 Å². The molecule has 0 spiro atoms. The molecule has 1 N–H and O–H groups in total. The van der Waals surface area contributed by atoms with E-state index in [4.69, 9.17) is 4.74 Å². The van der Waals surface area contributed by atoms with Gasteiger partial charge in [-0.05, 0) is 18.7 Å². The number of ether oxygens (including phenoxy) is 1. The minimum absolute atomic E-state index is 0. The van der Waals surface area contributed by atoms with Gasteiger partial charge in [-0.1, -0.05) is 6.92 Å². The van der Waals surface area contributed by atoms with Crippen molar-refractivity contribution < 1.29 is 33.7 Å². The van der Waals surface area contributed by atoms with E-state index in [1.807, 2.05) is 0 Å². The molecule has 0 saturated heterocycles. The lowest BCUT2D eigenvalue weighted by Gasteiger charge is -2.25. The molecule has 2 nitrogen and oxygen atoms in total. The Kier molecular flexibility index (Phi) is 5.67. The van der Waals surface area contributed by atoms with Crippen LogP contribution >= 0.6 is 11.8 Å². The van der Waals surface area contributed by atoms with Crippen LogP contribution in [-0.2, 0) is 4.74 Å². The van der Waals surface area contributed by atoms with E-state index in [0.717, 1.165) is 17.4 Å². The third-order valence-corrected chi connectivity index (χ3v) is 2.57. The lowest BCUT2D eigenvalue weighted by atomic mass is 9.98. The molecule has 0 aliphatic carbocycles. The number of halogens is 1. The Hall–Kier alpha value is 0.550. The summed E-state index contributed by atoms with van der Waals surface area (Å²) in [6.07, 6.45) is 1.41. The predicted octanol–water partition coefficient (Wildman–Crippen LogP) is -2.23. The molecule has 0 aromatic rings. The van der Waals surface area contributed by atoms with E-state index < -0.39 is 0 Å². The van der Waals surface area contributed by atoms with E-state index in [1.54, 1.807) is 11.8 Å². The number of thioether (sulfide) groups is 1. The summed E-state index contributed by atoms with van der Waals surface area (Å²) in [4.78, 5) is 3.38. The summed E-state index contributed by atoms with van der Waals surface area (Å²) in [6, 6.07) is 0. The van der Waals surface area contributed by atoms with E-state index in [1.165, 1.54) is 0 Å². The van der Waals surface area contributed by atoms with Crippen molar-refractivity contribution in [2.24, 2.45) is 0 Å². The molecule has 1 atom stereocenters. The Bertz CT molecular complexity index is 194. The number of hydrogen-bond donors (Lipinski definition) is 1. The summed E-state index contributed by atoms with van der Waals surface area (Å²) >= 11 is 1.74. The van der Waals surface area contributed by atoms with Gasteiger partial charge in [-0.3, -0.25) is 0 Å². The van der Waals surface area contributed by atoms with Crippen molar-refractivity contribution in [3.63, 3.8) is 0 Å². The van der Waals surface area contributed by atoms with Crippen molar-refractivity contribution in [3.8, 4) is 0 Å². The van der Waals surface area contributed by atoms with Crippen LogP contribution in [0.15, 0.2) is 0 Å². The summed E-state index contributed by atoms with van der Waals surface area (Å²) in [6.45, 7) is 8.68. The fourth-order valence-corrected chi connectivity index (χ4v) is 2.34. The minimum Gasteiger partial charge on any atom is -1.00 e. The van der Waals surface area contributed by atoms with Crippen LogP contribution in [0.3, 0.4) is 0 Å². The maximum atomic E-state index is 5.63. The van der Waals surface area contributed by atoms with Crippen molar-refractivity contribution in [1.82, 2.24) is 0 Å². The molecule has 1 aliphatic rings. The fraction of sp³-hybridized carbons (Fsp3) is 0.889. The molecule has 1 unspecified atom stereocenters. The van der Waals surface area contributed by atoms with Crippen LogP contribution in [0.1, 0.15) is 34.1 Å². The molecule has 0 aromatic carbocycles. The molecule has 1 aliphatic heterocycles. The van der Waals surface area contributed by atoms with Crippen LogP contribution in [0.2, 0.25) is 0 Å². The second kappa shape index (κ2) is 5.44. The first-order valence-corrected chi connectivity index (χ1v) is 5.46. The van der Waals surface area contributed by atoms with Gasteiger partial charge in [0.15, 0.2) is 5.54 Å². The largest absolute Gasteiger partial charge is 1.00 e. The summed E-state index contributed by atoms with van der Waals surface area (Å²) in [5, 5.41) is 0.987. The zero-order valence-electron chi connectivity index (χ0n) is 8.69. The molecular weight excluding hydrogens is 297 g/mol. The zero-order chi connectivity index (χ0) is 9.19. The molecule has 1 rings (SSSR count). The van der Waals surface area contributed by atoms with Crippen molar-refractivity contribution in [1.29, 1.82) is 0 Å². The highest BCUT2D eigenvalue weighted by atomic mass is 127. The predicted molar refractivity (Wildman–Crippen MR) is 53.3 cm³/mol. The van der Waals surface area contributed by atoms with Gasteiger partial charge in [0.1, 0.15) is 6.10 Å². The highest BCUT2D eigenvalue weighted by Gasteiger charge is 2.33. The van der Waals surface area contributed by atoms with Gasteiger partial charge in [-0.15, -0.1) is 0 Å². The van der Waals surface area contributed by atoms with E-state index in [9.17, 15) is 0 Å². The smallest absolute Gasteiger partial charge is 0.399 e. The first kappa shape index (κ1) is 13.5. The Morgan fingerprint density at radius 2 is 2.23 bits per heavy atom. The topological polar surface area (TPSA) is 23.2 Å². The van der Waals surface area contributed by atoms with Gasteiger partial charge >= 0.3 is 5.23 Å². The molecule has 0 fully saturated rings. The lowest BCUT2D eigenvalue weighted by molar-refractivity contribution is -0.562. The molecular formula is C9H18INOS. The van der Waals surface area contributed by atoms with Gasteiger partial charge in [0.2, 0.25) is 0 Å². The molecule has 0 aromatic heterocycles. The molecule has 4 heteroatoms. The molecule has 13 heavy (non-hydrogen) atoms. The Balaban J connectivity index is 0.00000144. The number of hydrogen-bond acceptors (Lipinski definition) is 2. The van der Waals surface area contributed by atoms with Crippen molar-refractivity contribution in [2.75, 3.05) is 5.75 Å². The average Bonchev–Trinajstić information content (AvgIpc) is 1.82. The quantitative estimate of drug-likeness (QED) is 0.554. The molecule has 0 radical (unpaired) electrons. The summed E-state index contributed by atoms with van der Waals surface area (Å²) < 4.78 is 5.63. The molecule has 0 bridgehead atoms. The Morgan fingerprint density at radius 1 is 1.62 bits per heavy atom. The first-order chi connectivity index (χ1) is 5.53. The van der Waals surface area contributed by atoms with Crippen LogP contribution in [-0.4, -0.2) is 22.6 Å². The maximum Gasteiger partial charge on any atom is 0.399 e. The second-order valence-corrected chi connectivity index (χ2v) is 5.10. The maximum absolute atomic E-state index is 5.63. The van der Waals surface area contributed by atoms with Crippen LogP contribution in [0.25, 0.3) is 0 Å². The first-order valence-electron chi connectivity index (χ1n) is 4.48. The van der Waals surface area contributed by atoms with Gasteiger partial charge < -0.3 is 28.7 Å². The fourth-order valence-electron chi connectivity index (χ4n) is 1.50. The van der Waals surface area contributed by atoms with Gasteiger partial charge in [0, 0.05) is 26.0 Å². The standard InChI is InChI=1S/C9H17NOS.HI/c1-5-12-8-10-9(3,4)6-7(2)11-8;/h7H,5-6H2,1-4H3;1H. The highest BCUT2D eigenvalue weighted by Crippen LogP contribution is 2.15. The molecule has 0 amide bonds. The molecule has 0 saturated carbocycles. The van der Waals surface area contributed by atoms with Crippen molar-refractivity contribution in [2.45, 2.75) is 45.8 Å². The number of nitrogens with one attached hydrogen (secondary N) is 1. The van der Waals surface area contributed by atoms with Crippen LogP contribution in [0, 0.1) is 0 Å². The van der Waals surface area contributed by atoms with E-state index in [-0.39, 0.29) is 29.5 Å². The average molecular weight is 315 g/mol. The van der Waals surface area contributed by atoms with Gasteiger partial charge in [0.05, 0.1) is 0 Å².